The lowest BCUT2D eigenvalue weighted by Gasteiger charge is -2.14. The Hall–Kier alpha value is -2.03. The fraction of sp³-hybridized carbons (Fsp3) is 0.250. The highest BCUT2D eigenvalue weighted by Crippen LogP contribution is 2.22. The highest BCUT2D eigenvalue weighted by molar-refractivity contribution is 5.66. The van der Waals surface area contributed by atoms with Crippen LogP contribution in [0, 0.1) is 26.6 Å². The molecule has 0 aliphatic carbocycles. The summed E-state index contributed by atoms with van der Waals surface area (Å²) in [7, 11) is 0. The Morgan fingerprint density at radius 3 is 2.53 bits per heavy atom. The van der Waals surface area contributed by atoms with Crippen LogP contribution in [0.3, 0.4) is 0 Å². The predicted octanol–water partition coefficient (Wildman–Crippen LogP) is 3.95. The van der Waals surface area contributed by atoms with Crippen LogP contribution in [-0.4, -0.2) is 0 Å². The minimum Gasteiger partial charge on any atom is -0.397 e. The van der Waals surface area contributed by atoms with E-state index in [1.807, 2.05) is 0 Å². The molecule has 0 saturated carbocycles. The number of nitrogens with one attached hydrogen (secondary N) is 1. The first-order chi connectivity index (χ1) is 8.99. The minimum atomic E-state index is -0.284. The molecule has 2 aromatic carbocycles. The van der Waals surface area contributed by atoms with Crippen LogP contribution >= 0.6 is 0 Å². The molecule has 0 aliphatic rings. The average molecular weight is 258 g/mol. The Balaban J connectivity index is 2.19. The molecule has 0 bridgehead atoms. The van der Waals surface area contributed by atoms with E-state index in [0.717, 1.165) is 0 Å². The Bertz CT molecular complexity index is 606. The van der Waals surface area contributed by atoms with Crippen LogP contribution in [0.25, 0.3) is 0 Å². The Labute approximate surface area is 113 Å². The molecule has 0 unspecified atom stereocenters. The second-order valence-electron chi connectivity index (χ2n) is 4.88. The number of anilines is 2. The summed E-state index contributed by atoms with van der Waals surface area (Å²) < 4.78 is 13.2. The molecule has 3 N–H and O–H groups in total. The van der Waals surface area contributed by atoms with Gasteiger partial charge in [-0.05, 0) is 61.2 Å². The maximum absolute atomic E-state index is 13.2. The number of benzene rings is 2. The quantitative estimate of drug-likeness (QED) is 0.818. The van der Waals surface area contributed by atoms with Crippen molar-refractivity contribution in [2.75, 3.05) is 11.1 Å². The molecule has 2 aromatic rings. The molecule has 0 aliphatic heterocycles. The molecule has 0 atom stereocenters. The molecule has 3 heteroatoms. The van der Waals surface area contributed by atoms with E-state index in [4.69, 9.17) is 5.73 Å². The van der Waals surface area contributed by atoms with Gasteiger partial charge in [0.05, 0.1) is 11.4 Å². The third kappa shape index (κ3) is 2.87. The van der Waals surface area contributed by atoms with Crippen LogP contribution in [-0.2, 0) is 6.54 Å². The van der Waals surface area contributed by atoms with E-state index in [0.29, 0.717) is 17.9 Å². The van der Waals surface area contributed by atoms with Crippen molar-refractivity contribution in [1.82, 2.24) is 0 Å². The number of nitrogen functional groups attached to an aromatic ring is 1. The van der Waals surface area contributed by atoms with Gasteiger partial charge in [-0.1, -0.05) is 12.1 Å². The first kappa shape index (κ1) is 13.4. The minimum absolute atomic E-state index is 0.284. The molecule has 2 nitrogen and oxygen atoms in total. The average Bonchev–Trinajstić information content (AvgIpc) is 2.39. The third-order valence-corrected chi connectivity index (χ3v) is 3.65. The van der Waals surface area contributed by atoms with Gasteiger partial charge < -0.3 is 11.1 Å². The maximum Gasteiger partial charge on any atom is 0.125 e. The lowest BCUT2D eigenvalue weighted by molar-refractivity contribution is 0.628. The van der Waals surface area contributed by atoms with Gasteiger partial charge in [0.25, 0.3) is 0 Å². The normalized spacial score (nSPS) is 10.5. The number of hydrogen-bond donors (Lipinski definition) is 2. The van der Waals surface area contributed by atoms with E-state index < -0.39 is 0 Å². The summed E-state index contributed by atoms with van der Waals surface area (Å²) >= 11 is 0. The van der Waals surface area contributed by atoms with E-state index >= 15 is 0 Å². The van der Waals surface area contributed by atoms with Gasteiger partial charge in [-0.3, -0.25) is 0 Å². The van der Waals surface area contributed by atoms with Crippen molar-refractivity contribution in [2.45, 2.75) is 27.3 Å². The fourth-order valence-electron chi connectivity index (χ4n) is 2.08. The van der Waals surface area contributed by atoms with Gasteiger partial charge in [0.15, 0.2) is 0 Å². The van der Waals surface area contributed by atoms with Crippen molar-refractivity contribution in [3.8, 4) is 0 Å². The van der Waals surface area contributed by atoms with Gasteiger partial charge >= 0.3 is 0 Å². The zero-order valence-corrected chi connectivity index (χ0v) is 11.5. The topological polar surface area (TPSA) is 38.0 Å². The molecule has 0 spiro atoms. The van der Waals surface area contributed by atoms with Crippen LogP contribution in [0.5, 0.6) is 0 Å². The lowest BCUT2D eigenvalue weighted by atomic mass is 9.99. The smallest absolute Gasteiger partial charge is 0.125 e. The Kier molecular flexibility index (Phi) is 3.74. The van der Waals surface area contributed by atoms with E-state index in [1.54, 1.807) is 6.07 Å². The summed E-state index contributed by atoms with van der Waals surface area (Å²) in [5.74, 6) is -0.284. The number of hydrogen-bond acceptors (Lipinski definition) is 2. The van der Waals surface area contributed by atoms with Crippen LogP contribution in [0.2, 0.25) is 0 Å². The van der Waals surface area contributed by atoms with Crippen molar-refractivity contribution in [2.24, 2.45) is 0 Å². The zero-order valence-electron chi connectivity index (χ0n) is 11.5. The Morgan fingerprint density at radius 1 is 1.05 bits per heavy atom. The molecule has 100 valence electrons. The van der Waals surface area contributed by atoms with Crippen LogP contribution in [0.1, 0.15) is 22.3 Å². The Morgan fingerprint density at radius 2 is 1.79 bits per heavy atom. The molecule has 0 saturated heterocycles. The van der Waals surface area contributed by atoms with Gasteiger partial charge in [0.2, 0.25) is 0 Å². The van der Waals surface area contributed by atoms with Crippen molar-refractivity contribution < 1.29 is 4.39 Å². The molecule has 0 radical (unpaired) electrons. The van der Waals surface area contributed by atoms with E-state index in [9.17, 15) is 4.39 Å². The summed E-state index contributed by atoms with van der Waals surface area (Å²) in [6.07, 6.45) is 0. The largest absolute Gasteiger partial charge is 0.397 e. The van der Waals surface area contributed by atoms with Gasteiger partial charge in [-0.2, -0.15) is 0 Å². The van der Waals surface area contributed by atoms with Gasteiger partial charge in [-0.25, -0.2) is 4.39 Å². The van der Waals surface area contributed by atoms with Crippen molar-refractivity contribution in [3.05, 3.63) is 58.4 Å². The molecular weight excluding hydrogens is 239 g/mol. The van der Waals surface area contributed by atoms with Gasteiger partial charge in [0, 0.05) is 6.54 Å². The van der Waals surface area contributed by atoms with Crippen molar-refractivity contribution in [1.29, 1.82) is 0 Å². The fourth-order valence-corrected chi connectivity index (χ4v) is 2.08. The predicted molar refractivity (Wildman–Crippen MR) is 78.8 cm³/mol. The number of rotatable bonds is 3. The maximum atomic E-state index is 13.2. The zero-order chi connectivity index (χ0) is 14.0. The molecule has 0 fully saturated rings. The molecule has 19 heavy (non-hydrogen) atoms. The highest BCUT2D eigenvalue weighted by Gasteiger charge is 2.05. The summed E-state index contributed by atoms with van der Waals surface area (Å²) in [6.45, 7) is 6.96. The third-order valence-electron chi connectivity index (χ3n) is 3.65. The van der Waals surface area contributed by atoms with E-state index in [2.05, 4.69) is 38.2 Å². The first-order valence-corrected chi connectivity index (χ1v) is 6.33. The van der Waals surface area contributed by atoms with Crippen molar-refractivity contribution in [3.63, 3.8) is 0 Å². The molecular formula is C16H19FN2. The van der Waals surface area contributed by atoms with Gasteiger partial charge in [-0.15, -0.1) is 0 Å². The van der Waals surface area contributed by atoms with E-state index in [1.165, 1.54) is 34.4 Å². The summed E-state index contributed by atoms with van der Waals surface area (Å²) in [6, 6.07) is 8.56. The highest BCUT2D eigenvalue weighted by atomic mass is 19.1. The second-order valence-corrected chi connectivity index (χ2v) is 4.88. The summed E-state index contributed by atoms with van der Waals surface area (Å²) in [5.41, 5.74) is 12.1. The van der Waals surface area contributed by atoms with Crippen LogP contribution < -0.4 is 11.1 Å². The number of nitrogens with two attached hydrogens (primary N) is 1. The number of aryl methyl sites for hydroxylation is 1. The number of halogens is 1. The SMILES string of the molecule is Cc1ccc(CNc2cc(F)ccc2N)c(C)c1C. The summed E-state index contributed by atoms with van der Waals surface area (Å²) in [4.78, 5) is 0. The molecule has 2 rings (SSSR count). The lowest BCUT2D eigenvalue weighted by Crippen LogP contribution is -2.05. The van der Waals surface area contributed by atoms with Crippen LogP contribution in [0.15, 0.2) is 30.3 Å². The molecule has 0 heterocycles. The molecule has 0 aromatic heterocycles. The van der Waals surface area contributed by atoms with E-state index in [-0.39, 0.29) is 5.82 Å². The second kappa shape index (κ2) is 5.31. The van der Waals surface area contributed by atoms with Crippen molar-refractivity contribution >= 4 is 11.4 Å². The monoisotopic (exact) mass is 258 g/mol. The molecule has 0 amide bonds. The summed E-state index contributed by atoms with van der Waals surface area (Å²) in [5, 5.41) is 3.19. The standard InChI is InChI=1S/C16H19FN2/c1-10-4-5-13(12(3)11(10)2)9-19-16-8-14(17)6-7-15(16)18/h4-8,19H,9,18H2,1-3H3. The van der Waals surface area contributed by atoms with Gasteiger partial charge in [0.1, 0.15) is 5.82 Å². The first-order valence-electron chi connectivity index (χ1n) is 6.33. The van der Waals surface area contributed by atoms with Crippen LogP contribution in [0.4, 0.5) is 15.8 Å².